The van der Waals surface area contributed by atoms with Gasteiger partial charge in [0.1, 0.15) is 0 Å². The van der Waals surface area contributed by atoms with Crippen molar-refractivity contribution < 1.29 is 0 Å². The third kappa shape index (κ3) is 2.94. The molecule has 0 saturated carbocycles. The second-order valence-electron chi connectivity index (χ2n) is 4.64. The van der Waals surface area contributed by atoms with Crippen LogP contribution < -0.4 is 10.2 Å². The van der Waals surface area contributed by atoms with Crippen LogP contribution in [-0.2, 0) is 6.42 Å². The fraction of sp³-hybridized carbons (Fsp3) is 0.692. The lowest BCUT2D eigenvalue weighted by Crippen LogP contribution is -2.45. The van der Waals surface area contributed by atoms with E-state index in [1.54, 1.807) is 0 Å². The first-order valence-corrected chi connectivity index (χ1v) is 6.59. The molecule has 1 aromatic heterocycles. The summed E-state index contributed by atoms with van der Waals surface area (Å²) in [7, 11) is 2.01. The fourth-order valence-corrected chi connectivity index (χ4v) is 2.44. The number of aromatic nitrogens is 2. The number of aryl methyl sites for hydroxylation is 1. The summed E-state index contributed by atoms with van der Waals surface area (Å²) >= 11 is 0. The van der Waals surface area contributed by atoms with E-state index in [-0.39, 0.29) is 0 Å². The average molecular weight is 234 g/mol. The van der Waals surface area contributed by atoms with E-state index in [1.165, 1.54) is 19.3 Å². The molecular weight excluding hydrogens is 212 g/mol. The Bertz CT molecular complexity index is 334. The van der Waals surface area contributed by atoms with Gasteiger partial charge >= 0.3 is 0 Å². The highest BCUT2D eigenvalue weighted by Gasteiger charge is 2.22. The van der Waals surface area contributed by atoms with Crippen molar-refractivity contribution in [3.8, 4) is 0 Å². The van der Waals surface area contributed by atoms with Crippen molar-refractivity contribution >= 4 is 5.82 Å². The molecule has 0 aromatic carbocycles. The molecule has 0 aliphatic carbocycles. The predicted molar refractivity (Wildman–Crippen MR) is 70.3 cm³/mol. The summed E-state index contributed by atoms with van der Waals surface area (Å²) in [6.07, 6.45) is 4.78. The monoisotopic (exact) mass is 234 g/mol. The Morgan fingerprint density at radius 2 is 2.24 bits per heavy atom. The zero-order chi connectivity index (χ0) is 12.1. The molecule has 1 saturated heterocycles. The van der Waals surface area contributed by atoms with E-state index in [0.29, 0.717) is 6.04 Å². The summed E-state index contributed by atoms with van der Waals surface area (Å²) in [5, 5.41) is 11.9. The summed E-state index contributed by atoms with van der Waals surface area (Å²) < 4.78 is 0. The fourth-order valence-electron chi connectivity index (χ4n) is 2.44. The second-order valence-corrected chi connectivity index (χ2v) is 4.64. The minimum atomic E-state index is 0.565. The Morgan fingerprint density at radius 1 is 1.35 bits per heavy atom. The molecule has 0 radical (unpaired) electrons. The molecule has 1 aliphatic heterocycles. The van der Waals surface area contributed by atoms with E-state index < -0.39 is 0 Å². The van der Waals surface area contributed by atoms with Crippen LogP contribution in [0, 0.1) is 0 Å². The molecule has 4 nitrogen and oxygen atoms in total. The zero-order valence-corrected chi connectivity index (χ0v) is 10.8. The normalized spacial score (nSPS) is 20.6. The summed E-state index contributed by atoms with van der Waals surface area (Å²) in [6.45, 7) is 4.23. The van der Waals surface area contributed by atoms with Gasteiger partial charge in [-0.3, -0.25) is 0 Å². The van der Waals surface area contributed by atoms with E-state index in [2.05, 4.69) is 39.5 Å². The molecule has 94 valence electrons. The standard InChI is InChI=1S/C13H22N4/c1-3-11-7-8-13(16-15-11)17-9-5-4-6-12(17)10-14-2/h7-8,12,14H,3-6,9-10H2,1-2H3. The number of likely N-dealkylation sites (N-methyl/N-ethyl adjacent to an activating group) is 1. The van der Waals surface area contributed by atoms with Gasteiger partial charge in [0.25, 0.3) is 0 Å². The first kappa shape index (κ1) is 12.3. The lowest BCUT2D eigenvalue weighted by atomic mass is 10.0. The van der Waals surface area contributed by atoms with Crippen LogP contribution in [0.15, 0.2) is 12.1 Å². The van der Waals surface area contributed by atoms with Gasteiger partial charge in [0.2, 0.25) is 0 Å². The molecule has 2 heterocycles. The van der Waals surface area contributed by atoms with Crippen molar-refractivity contribution in [1.29, 1.82) is 0 Å². The zero-order valence-electron chi connectivity index (χ0n) is 10.8. The van der Waals surface area contributed by atoms with Crippen LogP contribution in [0.25, 0.3) is 0 Å². The Morgan fingerprint density at radius 3 is 2.88 bits per heavy atom. The first-order valence-electron chi connectivity index (χ1n) is 6.59. The van der Waals surface area contributed by atoms with Crippen LogP contribution in [0.1, 0.15) is 31.9 Å². The van der Waals surface area contributed by atoms with Gasteiger partial charge in [0.15, 0.2) is 5.82 Å². The van der Waals surface area contributed by atoms with Crippen molar-refractivity contribution in [2.24, 2.45) is 0 Å². The van der Waals surface area contributed by atoms with Crippen LogP contribution in [0.2, 0.25) is 0 Å². The van der Waals surface area contributed by atoms with E-state index in [4.69, 9.17) is 0 Å². The van der Waals surface area contributed by atoms with Gasteiger partial charge in [0, 0.05) is 19.1 Å². The molecular formula is C13H22N4. The highest BCUT2D eigenvalue weighted by atomic mass is 15.3. The van der Waals surface area contributed by atoms with Gasteiger partial charge in [-0.2, -0.15) is 5.10 Å². The van der Waals surface area contributed by atoms with E-state index >= 15 is 0 Å². The van der Waals surface area contributed by atoms with Gasteiger partial charge in [-0.15, -0.1) is 5.10 Å². The predicted octanol–water partition coefficient (Wildman–Crippen LogP) is 1.62. The Labute approximate surface area is 103 Å². The highest BCUT2D eigenvalue weighted by molar-refractivity contribution is 5.39. The van der Waals surface area contributed by atoms with Crippen LogP contribution in [-0.4, -0.2) is 36.4 Å². The Kier molecular flexibility index (Phi) is 4.31. The number of anilines is 1. The van der Waals surface area contributed by atoms with E-state index in [9.17, 15) is 0 Å². The number of nitrogens with one attached hydrogen (secondary N) is 1. The van der Waals surface area contributed by atoms with Gasteiger partial charge in [0.05, 0.1) is 5.69 Å². The van der Waals surface area contributed by atoms with Gasteiger partial charge in [-0.1, -0.05) is 6.92 Å². The molecule has 1 aliphatic rings. The summed E-state index contributed by atoms with van der Waals surface area (Å²) in [5.74, 6) is 1.03. The highest BCUT2D eigenvalue weighted by Crippen LogP contribution is 2.22. The van der Waals surface area contributed by atoms with Crippen LogP contribution in [0.5, 0.6) is 0 Å². The maximum atomic E-state index is 4.35. The van der Waals surface area contributed by atoms with Crippen molar-refractivity contribution in [3.63, 3.8) is 0 Å². The molecule has 1 aromatic rings. The maximum absolute atomic E-state index is 4.35. The van der Waals surface area contributed by atoms with E-state index in [1.807, 2.05) is 7.05 Å². The Balaban J connectivity index is 2.11. The topological polar surface area (TPSA) is 41.0 Å². The van der Waals surface area contributed by atoms with Crippen LogP contribution in [0.4, 0.5) is 5.82 Å². The quantitative estimate of drug-likeness (QED) is 0.859. The largest absolute Gasteiger partial charge is 0.351 e. The number of rotatable bonds is 4. The Hall–Kier alpha value is -1.16. The number of hydrogen-bond acceptors (Lipinski definition) is 4. The molecule has 1 atom stereocenters. The van der Waals surface area contributed by atoms with Crippen molar-refractivity contribution in [3.05, 3.63) is 17.8 Å². The summed E-state index contributed by atoms with van der Waals surface area (Å²) in [5.41, 5.74) is 1.07. The first-order chi connectivity index (χ1) is 8.35. The van der Waals surface area contributed by atoms with Crippen molar-refractivity contribution in [2.75, 3.05) is 25.0 Å². The molecule has 2 rings (SSSR count). The van der Waals surface area contributed by atoms with Crippen molar-refractivity contribution in [2.45, 2.75) is 38.6 Å². The molecule has 0 bridgehead atoms. The molecule has 1 fully saturated rings. The SMILES string of the molecule is CCc1ccc(N2CCCCC2CNC)nn1. The minimum absolute atomic E-state index is 0.565. The number of piperidine rings is 1. The lowest BCUT2D eigenvalue weighted by molar-refractivity contribution is 0.442. The lowest BCUT2D eigenvalue weighted by Gasteiger charge is -2.36. The summed E-state index contributed by atoms with van der Waals surface area (Å²) in [4.78, 5) is 2.40. The number of nitrogens with zero attached hydrogens (tertiary/aromatic N) is 3. The molecule has 0 spiro atoms. The van der Waals surface area contributed by atoms with Crippen LogP contribution in [0.3, 0.4) is 0 Å². The minimum Gasteiger partial charge on any atom is -0.351 e. The summed E-state index contributed by atoms with van der Waals surface area (Å²) in [6, 6.07) is 4.77. The van der Waals surface area contributed by atoms with Gasteiger partial charge in [-0.25, -0.2) is 0 Å². The van der Waals surface area contributed by atoms with Gasteiger partial charge in [-0.05, 0) is 44.9 Å². The third-order valence-electron chi connectivity index (χ3n) is 3.43. The number of hydrogen-bond donors (Lipinski definition) is 1. The van der Waals surface area contributed by atoms with E-state index in [0.717, 1.165) is 31.0 Å². The average Bonchev–Trinajstić information content (AvgIpc) is 2.40. The van der Waals surface area contributed by atoms with Crippen LogP contribution >= 0.6 is 0 Å². The molecule has 17 heavy (non-hydrogen) atoms. The maximum Gasteiger partial charge on any atom is 0.151 e. The third-order valence-corrected chi connectivity index (χ3v) is 3.43. The smallest absolute Gasteiger partial charge is 0.151 e. The van der Waals surface area contributed by atoms with Gasteiger partial charge < -0.3 is 10.2 Å². The van der Waals surface area contributed by atoms with Crippen molar-refractivity contribution in [1.82, 2.24) is 15.5 Å². The molecule has 4 heteroatoms. The second kappa shape index (κ2) is 5.96. The molecule has 0 amide bonds. The molecule has 1 unspecified atom stereocenters. The molecule has 1 N–H and O–H groups in total.